The molecule has 1 amide bonds. The van der Waals surface area contributed by atoms with Gasteiger partial charge in [-0.05, 0) is 37.2 Å². The molecular formula is C17H22N4O4S2. The standard InChI is InChI=1S/C17H22N4O4S2/c1-11-13(16(23)20-17(26)19-11)8-9-15(22)18-10-12-6-4-5-7-14(12)27(24,25)21(2)3/h4-7H,8-10H2,1-3H3,(H,18,22)(H2,19,20,23,26). The molecule has 0 atom stereocenters. The molecule has 1 heterocycles. The van der Waals surface area contributed by atoms with Crippen molar-refractivity contribution >= 4 is 28.1 Å². The highest BCUT2D eigenvalue weighted by Gasteiger charge is 2.20. The minimum Gasteiger partial charge on any atom is -0.352 e. The van der Waals surface area contributed by atoms with Crippen LogP contribution in [0.25, 0.3) is 0 Å². The van der Waals surface area contributed by atoms with Crippen LogP contribution in [0.5, 0.6) is 0 Å². The molecule has 0 saturated carbocycles. The molecule has 146 valence electrons. The third kappa shape index (κ3) is 5.12. The number of nitrogens with one attached hydrogen (secondary N) is 3. The third-order valence-electron chi connectivity index (χ3n) is 4.06. The maximum Gasteiger partial charge on any atom is 0.255 e. The predicted octanol–water partition coefficient (Wildman–Crippen LogP) is 1.24. The van der Waals surface area contributed by atoms with Crippen molar-refractivity contribution < 1.29 is 13.2 Å². The van der Waals surface area contributed by atoms with E-state index >= 15 is 0 Å². The van der Waals surface area contributed by atoms with Crippen LogP contribution in [0.3, 0.4) is 0 Å². The molecule has 0 aliphatic heterocycles. The van der Waals surface area contributed by atoms with Gasteiger partial charge in [0, 0.05) is 38.3 Å². The second kappa shape index (κ2) is 8.59. The molecule has 0 fully saturated rings. The van der Waals surface area contributed by atoms with Crippen LogP contribution < -0.4 is 10.9 Å². The molecule has 10 heteroatoms. The van der Waals surface area contributed by atoms with Gasteiger partial charge in [-0.15, -0.1) is 0 Å². The number of amides is 1. The van der Waals surface area contributed by atoms with E-state index in [0.717, 1.165) is 4.31 Å². The Kier molecular flexibility index (Phi) is 6.68. The molecule has 2 aromatic rings. The van der Waals surface area contributed by atoms with Crippen LogP contribution in [0.15, 0.2) is 34.0 Å². The SMILES string of the molecule is Cc1[nH]c(=S)[nH]c(=O)c1CCC(=O)NCc1ccccc1S(=O)(=O)N(C)C. The number of aromatic nitrogens is 2. The summed E-state index contributed by atoms with van der Waals surface area (Å²) < 4.78 is 26.1. The maximum atomic E-state index is 12.4. The minimum absolute atomic E-state index is 0.0780. The first-order valence-corrected chi connectivity index (χ1v) is 10.1. The molecule has 0 radical (unpaired) electrons. The van der Waals surface area contributed by atoms with Gasteiger partial charge in [0.25, 0.3) is 5.56 Å². The first-order valence-electron chi connectivity index (χ1n) is 8.22. The lowest BCUT2D eigenvalue weighted by molar-refractivity contribution is -0.121. The third-order valence-corrected chi connectivity index (χ3v) is 6.18. The summed E-state index contributed by atoms with van der Waals surface area (Å²) in [6.07, 6.45) is 0.341. The van der Waals surface area contributed by atoms with Crippen molar-refractivity contribution in [2.45, 2.75) is 31.2 Å². The van der Waals surface area contributed by atoms with Crippen molar-refractivity contribution in [2.75, 3.05) is 14.1 Å². The van der Waals surface area contributed by atoms with Crippen molar-refractivity contribution in [1.29, 1.82) is 0 Å². The number of rotatable bonds is 7. The van der Waals surface area contributed by atoms with E-state index < -0.39 is 10.0 Å². The zero-order valence-electron chi connectivity index (χ0n) is 15.3. The van der Waals surface area contributed by atoms with Crippen LogP contribution in [0, 0.1) is 11.7 Å². The smallest absolute Gasteiger partial charge is 0.255 e. The molecule has 1 aromatic heterocycles. The largest absolute Gasteiger partial charge is 0.352 e. The van der Waals surface area contributed by atoms with Gasteiger partial charge in [-0.2, -0.15) is 0 Å². The van der Waals surface area contributed by atoms with E-state index in [2.05, 4.69) is 15.3 Å². The topological polar surface area (TPSA) is 115 Å². The maximum absolute atomic E-state index is 12.4. The number of aromatic amines is 2. The normalized spacial score (nSPS) is 11.6. The number of hydrogen-bond acceptors (Lipinski definition) is 5. The van der Waals surface area contributed by atoms with Gasteiger partial charge in [-0.3, -0.25) is 14.6 Å². The molecule has 3 N–H and O–H groups in total. The Morgan fingerprint density at radius 2 is 1.89 bits per heavy atom. The van der Waals surface area contributed by atoms with Crippen LogP contribution in [-0.4, -0.2) is 42.7 Å². The second-order valence-corrected chi connectivity index (χ2v) is 8.71. The fourth-order valence-electron chi connectivity index (χ4n) is 2.55. The summed E-state index contributed by atoms with van der Waals surface area (Å²) >= 11 is 4.90. The Morgan fingerprint density at radius 3 is 2.52 bits per heavy atom. The Balaban J connectivity index is 2.06. The lowest BCUT2D eigenvalue weighted by Gasteiger charge is -2.15. The van der Waals surface area contributed by atoms with Crippen LogP contribution >= 0.6 is 12.2 Å². The Labute approximate surface area is 162 Å². The molecule has 1 aromatic carbocycles. The van der Waals surface area contributed by atoms with Crippen molar-refractivity contribution in [3.63, 3.8) is 0 Å². The Morgan fingerprint density at radius 1 is 1.22 bits per heavy atom. The Hall–Kier alpha value is -2.30. The minimum atomic E-state index is -3.60. The molecule has 0 aliphatic rings. The van der Waals surface area contributed by atoms with Gasteiger partial charge in [0.2, 0.25) is 15.9 Å². The van der Waals surface area contributed by atoms with E-state index in [-0.39, 0.29) is 40.5 Å². The van der Waals surface area contributed by atoms with Gasteiger partial charge in [-0.1, -0.05) is 18.2 Å². The summed E-state index contributed by atoms with van der Waals surface area (Å²) in [4.78, 5) is 29.6. The summed E-state index contributed by atoms with van der Waals surface area (Å²) in [5, 5.41) is 2.71. The summed E-state index contributed by atoms with van der Waals surface area (Å²) in [5.74, 6) is -0.284. The molecule has 0 saturated heterocycles. The fraction of sp³-hybridized carbons (Fsp3) is 0.353. The average Bonchev–Trinajstić information content (AvgIpc) is 2.59. The molecule has 27 heavy (non-hydrogen) atoms. The number of carbonyl (C=O) groups is 1. The van der Waals surface area contributed by atoms with Gasteiger partial charge in [-0.25, -0.2) is 12.7 Å². The summed E-state index contributed by atoms with van der Waals surface area (Å²) in [6.45, 7) is 1.80. The average molecular weight is 411 g/mol. The van der Waals surface area contributed by atoms with E-state index in [1.54, 1.807) is 25.1 Å². The van der Waals surface area contributed by atoms with Gasteiger partial charge in [0.05, 0.1) is 4.90 Å². The molecule has 8 nitrogen and oxygen atoms in total. The highest BCUT2D eigenvalue weighted by molar-refractivity contribution is 7.89. The number of carbonyl (C=O) groups excluding carboxylic acids is 1. The fourth-order valence-corrected chi connectivity index (χ4v) is 3.91. The summed E-state index contributed by atoms with van der Waals surface area (Å²) in [5.41, 5.74) is 1.28. The lowest BCUT2D eigenvalue weighted by Crippen LogP contribution is -2.27. The van der Waals surface area contributed by atoms with Crippen LogP contribution in [0.1, 0.15) is 23.2 Å². The van der Waals surface area contributed by atoms with Crippen molar-refractivity contribution in [2.24, 2.45) is 0 Å². The van der Waals surface area contributed by atoms with Crippen molar-refractivity contribution in [3.05, 3.63) is 56.2 Å². The van der Waals surface area contributed by atoms with Crippen molar-refractivity contribution in [3.8, 4) is 0 Å². The molecular weight excluding hydrogens is 388 g/mol. The van der Waals surface area contributed by atoms with Crippen molar-refractivity contribution in [1.82, 2.24) is 19.6 Å². The van der Waals surface area contributed by atoms with Gasteiger partial charge in [0.15, 0.2) is 4.77 Å². The summed E-state index contributed by atoms with van der Waals surface area (Å²) in [7, 11) is -0.695. The van der Waals surface area contributed by atoms with Crippen LogP contribution in [0.2, 0.25) is 0 Å². The number of benzene rings is 1. The number of nitrogens with zero attached hydrogens (tertiary/aromatic N) is 1. The van der Waals surface area contributed by atoms with Crippen LogP contribution in [-0.2, 0) is 27.8 Å². The number of aryl methyl sites for hydroxylation is 1. The Bertz CT molecular complexity index is 1060. The van der Waals surface area contributed by atoms with E-state index in [9.17, 15) is 18.0 Å². The van der Waals surface area contributed by atoms with Gasteiger partial charge >= 0.3 is 0 Å². The molecule has 0 unspecified atom stereocenters. The van der Waals surface area contributed by atoms with Gasteiger partial charge in [0.1, 0.15) is 0 Å². The number of hydrogen-bond donors (Lipinski definition) is 3. The number of sulfonamides is 1. The highest BCUT2D eigenvalue weighted by Crippen LogP contribution is 2.18. The predicted molar refractivity (Wildman–Crippen MR) is 104 cm³/mol. The lowest BCUT2D eigenvalue weighted by atomic mass is 10.1. The van der Waals surface area contributed by atoms with E-state index in [4.69, 9.17) is 12.2 Å². The van der Waals surface area contributed by atoms with E-state index in [0.29, 0.717) is 16.8 Å². The van der Waals surface area contributed by atoms with E-state index in [1.165, 1.54) is 20.2 Å². The number of H-pyrrole nitrogens is 2. The second-order valence-electron chi connectivity index (χ2n) is 6.18. The van der Waals surface area contributed by atoms with E-state index in [1.807, 2.05) is 0 Å². The molecule has 0 spiro atoms. The van der Waals surface area contributed by atoms with Gasteiger partial charge < -0.3 is 10.3 Å². The highest BCUT2D eigenvalue weighted by atomic mass is 32.2. The summed E-state index contributed by atoms with van der Waals surface area (Å²) in [6, 6.07) is 6.51. The first kappa shape index (κ1) is 21.0. The zero-order valence-corrected chi connectivity index (χ0v) is 17.0. The van der Waals surface area contributed by atoms with Crippen LogP contribution in [0.4, 0.5) is 0 Å². The monoisotopic (exact) mass is 410 g/mol. The quantitative estimate of drug-likeness (QED) is 0.594. The molecule has 2 rings (SSSR count). The molecule has 0 bridgehead atoms. The zero-order chi connectivity index (χ0) is 20.2. The molecule has 0 aliphatic carbocycles. The first-order chi connectivity index (χ1) is 12.6.